The van der Waals surface area contributed by atoms with Crippen LogP contribution in [-0.4, -0.2) is 29.5 Å². The van der Waals surface area contributed by atoms with Gasteiger partial charge in [0.15, 0.2) is 0 Å². The Hall–Kier alpha value is -1.85. The molecule has 2 unspecified atom stereocenters. The Morgan fingerprint density at radius 3 is 2.63 bits per heavy atom. The molecule has 0 amide bonds. The van der Waals surface area contributed by atoms with Crippen LogP contribution in [0.15, 0.2) is 24.3 Å². The van der Waals surface area contributed by atoms with Crippen molar-refractivity contribution in [2.45, 2.75) is 26.1 Å². The highest BCUT2D eigenvalue weighted by Crippen LogP contribution is 2.25. The Labute approximate surface area is 112 Å². The monoisotopic (exact) mass is 265 g/mol. The van der Waals surface area contributed by atoms with Crippen molar-refractivity contribution in [2.24, 2.45) is 0 Å². The molecule has 1 aromatic rings. The van der Waals surface area contributed by atoms with Crippen molar-refractivity contribution in [3.8, 4) is 5.75 Å². The number of carboxylic acid groups (broad SMARTS) is 1. The molecule has 1 rings (SSSR count). The maximum absolute atomic E-state index is 10.6. The first-order chi connectivity index (χ1) is 8.93. The van der Waals surface area contributed by atoms with E-state index in [2.05, 4.69) is 5.32 Å². The number of hydrogen-bond acceptors (Lipinski definition) is 4. The van der Waals surface area contributed by atoms with Gasteiger partial charge >= 0.3 is 5.97 Å². The molecule has 5 heteroatoms. The molecule has 0 heterocycles. The van der Waals surface area contributed by atoms with Gasteiger partial charge in [0.05, 0.1) is 7.11 Å². The van der Waals surface area contributed by atoms with Crippen molar-refractivity contribution >= 4 is 12.0 Å². The van der Waals surface area contributed by atoms with Gasteiger partial charge in [-0.25, -0.2) is 4.79 Å². The van der Waals surface area contributed by atoms with Crippen molar-refractivity contribution in [3.63, 3.8) is 0 Å². The van der Waals surface area contributed by atoms with Crippen LogP contribution in [0.3, 0.4) is 0 Å². The minimum atomic E-state index is -1.00. The number of hydrogen-bond donors (Lipinski definition) is 3. The average molecular weight is 265 g/mol. The van der Waals surface area contributed by atoms with Crippen LogP contribution in [0.5, 0.6) is 5.75 Å². The molecule has 0 saturated carbocycles. The zero-order chi connectivity index (χ0) is 14.4. The van der Waals surface area contributed by atoms with Gasteiger partial charge in [-0.3, -0.25) is 5.32 Å². The third-order valence-electron chi connectivity index (χ3n) is 2.66. The molecule has 19 heavy (non-hydrogen) atoms. The molecule has 3 N–H and O–H groups in total. The summed E-state index contributed by atoms with van der Waals surface area (Å²) in [5.74, 6) is -0.320. The summed E-state index contributed by atoms with van der Waals surface area (Å²) in [7, 11) is 1.57. The maximum atomic E-state index is 10.6. The maximum Gasteiger partial charge on any atom is 0.328 e. The third kappa shape index (κ3) is 4.73. The molecule has 0 spiro atoms. The average Bonchev–Trinajstić information content (AvgIpc) is 2.35. The molecular weight excluding hydrogens is 246 g/mol. The summed E-state index contributed by atoms with van der Waals surface area (Å²) in [5, 5.41) is 21.0. The number of carbonyl (C=O) groups is 1. The zero-order valence-electron chi connectivity index (χ0n) is 11.3. The van der Waals surface area contributed by atoms with E-state index in [-0.39, 0.29) is 6.04 Å². The van der Waals surface area contributed by atoms with Crippen LogP contribution in [0.4, 0.5) is 0 Å². The lowest BCUT2D eigenvalue weighted by atomic mass is 10.0. The first-order valence-electron chi connectivity index (χ1n) is 5.97. The van der Waals surface area contributed by atoms with Gasteiger partial charge in [-0.15, -0.1) is 0 Å². The quantitative estimate of drug-likeness (QED) is 0.540. The molecule has 0 aliphatic rings. The van der Waals surface area contributed by atoms with E-state index in [1.165, 1.54) is 6.08 Å². The Morgan fingerprint density at radius 1 is 1.42 bits per heavy atom. The van der Waals surface area contributed by atoms with Gasteiger partial charge < -0.3 is 14.9 Å². The summed E-state index contributed by atoms with van der Waals surface area (Å²) in [6.45, 7) is 3.52. The highest BCUT2D eigenvalue weighted by molar-refractivity contribution is 5.85. The van der Waals surface area contributed by atoms with Gasteiger partial charge in [0.25, 0.3) is 0 Å². The summed E-state index contributed by atoms with van der Waals surface area (Å²) in [4.78, 5) is 10.6. The van der Waals surface area contributed by atoms with Crippen molar-refractivity contribution in [3.05, 3.63) is 35.4 Å². The molecule has 0 fully saturated rings. The fourth-order valence-corrected chi connectivity index (χ4v) is 1.82. The van der Waals surface area contributed by atoms with E-state index in [9.17, 15) is 9.90 Å². The van der Waals surface area contributed by atoms with Crippen LogP contribution >= 0.6 is 0 Å². The number of benzene rings is 1. The molecule has 0 bridgehead atoms. The molecule has 0 aromatic heterocycles. The van der Waals surface area contributed by atoms with Crippen LogP contribution in [0, 0.1) is 0 Å². The van der Waals surface area contributed by atoms with Crippen molar-refractivity contribution in [1.82, 2.24) is 5.32 Å². The number of aliphatic hydroxyl groups is 1. The van der Waals surface area contributed by atoms with Crippen LogP contribution in [-0.2, 0) is 4.79 Å². The van der Waals surface area contributed by atoms with E-state index < -0.39 is 12.2 Å². The standard InChI is InChI=1S/C14H19NO4/c1-9(15-10(2)16)13-8-12(19-3)6-4-11(13)5-7-14(17)18/h4-10,15-16H,1-3H3,(H,17,18). The Morgan fingerprint density at radius 2 is 2.11 bits per heavy atom. The first kappa shape index (κ1) is 15.2. The second-order valence-electron chi connectivity index (χ2n) is 4.23. The van der Waals surface area contributed by atoms with Crippen molar-refractivity contribution in [1.29, 1.82) is 0 Å². The number of ether oxygens (including phenoxy) is 1. The topological polar surface area (TPSA) is 78.8 Å². The molecule has 0 aliphatic carbocycles. The minimum absolute atomic E-state index is 0.136. The van der Waals surface area contributed by atoms with Crippen LogP contribution < -0.4 is 10.1 Å². The molecular formula is C14H19NO4. The molecule has 1 aromatic carbocycles. The smallest absolute Gasteiger partial charge is 0.328 e. The van der Waals surface area contributed by atoms with Gasteiger partial charge in [0, 0.05) is 12.1 Å². The van der Waals surface area contributed by atoms with Crippen LogP contribution in [0.2, 0.25) is 0 Å². The van der Waals surface area contributed by atoms with Gasteiger partial charge in [0.1, 0.15) is 12.0 Å². The number of aliphatic carboxylic acids is 1. The van der Waals surface area contributed by atoms with Crippen molar-refractivity contribution < 1.29 is 19.7 Å². The molecule has 104 valence electrons. The molecule has 0 saturated heterocycles. The number of carboxylic acids is 1. The van der Waals surface area contributed by atoms with Gasteiger partial charge in [-0.05, 0) is 43.2 Å². The lowest BCUT2D eigenvalue weighted by Crippen LogP contribution is -2.28. The van der Waals surface area contributed by atoms with E-state index in [1.54, 1.807) is 26.2 Å². The predicted octanol–water partition coefficient (Wildman–Crippen LogP) is 1.78. The molecule has 2 atom stereocenters. The summed E-state index contributed by atoms with van der Waals surface area (Å²) in [6, 6.07) is 5.23. The summed E-state index contributed by atoms with van der Waals surface area (Å²) in [6.07, 6.45) is 1.95. The second-order valence-corrected chi connectivity index (χ2v) is 4.23. The highest BCUT2D eigenvalue weighted by Gasteiger charge is 2.12. The van der Waals surface area contributed by atoms with E-state index >= 15 is 0 Å². The lowest BCUT2D eigenvalue weighted by Gasteiger charge is -2.19. The summed E-state index contributed by atoms with van der Waals surface area (Å²) in [5.41, 5.74) is 1.63. The first-order valence-corrected chi connectivity index (χ1v) is 5.97. The fourth-order valence-electron chi connectivity index (χ4n) is 1.82. The van der Waals surface area contributed by atoms with E-state index in [0.717, 1.165) is 17.2 Å². The summed E-state index contributed by atoms with van der Waals surface area (Å²) < 4.78 is 5.16. The largest absolute Gasteiger partial charge is 0.497 e. The van der Waals surface area contributed by atoms with Crippen LogP contribution in [0.25, 0.3) is 6.08 Å². The summed E-state index contributed by atoms with van der Waals surface area (Å²) >= 11 is 0. The van der Waals surface area contributed by atoms with E-state index in [1.807, 2.05) is 13.0 Å². The van der Waals surface area contributed by atoms with E-state index in [0.29, 0.717) is 5.75 Å². The van der Waals surface area contributed by atoms with Crippen molar-refractivity contribution in [2.75, 3.05) is 7.11 Å². The molecule has 5 nitrogen and oxygen atoms in total. The number of methoxy groups -OCH3 is 1. The normalized spacial score (nSPS) is 14.3. The minimum Gasteiger partial charge on any atom is -0.497 e. The van der Waals surface area contributed by atoms with Gasteiger partial charge in [-0.1, -0.05) is 6.07 Å². The molecule has 0 radical (unpaired) electrons. The number of rotatable bonds is 6. The Kier molecular flexibility index (Phi) is 5.54. The second kappa shape index (κ2) is 6.92. The van der Waals surface area contributed by atoms with Crippen LogP contribution in [0.1, 0.15) is 31.0 Å². The SMILES string of the molecule is COc1ccc(C=CC(=O)O)c(C(C)NC(C)O)c1. The number of aliphatic hydroxyl groups excluding tert-OH is 1. The lowest BCUT2D eigenvalue weighted by molar-refractivity contribution is -0.131. The Bertz CT molecular complexity index is 469. The highest BCUT2D eigenvalue weighted by atomic mass is 16.5. The predicted molar refractivity (Wildman–Crippen MR) is 72.9 cm³/mol. The van der Waals surface area contributed by atoms with Gasteiger partial charge in [-0.2, -0.15) is 0 Å². The Balaban J connectivity index is 3.11. The molecule has 0 aliphatic heterocycles. The zero-order valence-corrected chi connectivity index (χ0v) is 11.3. The van der Waals surface area contributed by atoms with E-state index in [4.69, 9.17) is 9.84 Å². The third-order valence-corrected chi connectivity index (χ3v) is 2.66. The van der Waals surface area contributed by atoms with Gasteiger partial charge in [0.2, 0.25) is 0 Å². The fraction of sp³-hybridized carbons (Fsp3) is 0.357. The number of nitrogens with one attached hydrogen (secondary N) is 1.